The molecule has 0 aliphatic carbocycles. The maximum atomic E-state index is 12.6. The molecule has 47 heavy (non-hydrogen) atoms. The first-order valence-electron chi connectivity index (χ1n) is 16.2. The normalized spacial score (nSPS) is 11.1. The third-order valence-electron chi connectivity index (χ3n) is 7.32. The number of benzene rings is 3. The van der Waals surface area contributed by atoms with E-state index < -0.39 is 5.97 Å². The number of nitrogens with zero attached hydrogens (tertiary/aromatic N) is 5. The summed E-state index contributed by atoms with van der Waals surface area (Å²) < 4.78 is 10.0. The average molecular weight is 640 g/mol. The van der Waals surface area contributed by atoms with Gasteiger partial charge >= 0.3 is 11.9 Å². The van der Waals surface area contributed by atoms with Crippen molar-refractivity contribution in [3.63, 3.8) is 0 Å². The molecule has 3 aromatic rings. The Morgan fingerprint density at radius 3 is 1.62 bits per heavy atom. The number of carbonyl (C=O) groups excluding carboxylic acids is 3. The summed E-state index contributed by atoms with van der Waals surface area (Å²) in [6.07, 6.45) is 8.94. The van der Waals surface area contributed by atoms with Gasteiger partial charge in [0.15, 0.2) is 5.78 Å². The van der Waals surface area contributed by atoms with Crippen LogP contribution in [-0.4, -0.2) is 44.0 Å². The van der Waals surface area contributed by atoms with Gasteiger partial charge in [0, 0.05) is 37.2 Å². The summed E-state index contributed by atoms with van der Waals surface area (Å²) in [7, 11) is 0. The Balaban J connectivity index is 1.38. The van der Waals surface area contributed by atoms with Crippen LogP contribution in [0, 0.1) is 0 Å². The minimum Gasteiger partial charge on any atom is -0.466 e. The number of carbonyl (C=O) groups is 3. The lowest BCUT2D eigenvalue weighted by Gasteiger charge is -2.22. The molecule has 3 aromatic carbocycles. The molecule has 0 amide bonds. The molecular formula is C37H45N5O5. The van der Waals surface area contributed by atoms with Crippen LogP contribution in [0.3, 0.4) is 0 Å². The van der Waals surface area contributed by atoms with Gasteiger partial charge in [-0.3, -0.25) is 9.59 Å². The zero-order valence-corrected chi connectivity index (χ0v) is 27.5. The van der Waals surface area contributed by atoms with E-state index in [4.69, 9.17) is 9.47 Å². The van der Waals surface area contributed by atoms with Crippen molar-refractivity contribution in [3.8, 4) is 0 Å². The minimum absolute atomic E-state index is 0.141. The Labute approximate surface area is 277 Å². The Hall–Kier alpha value is -4.99. The topological polar surface area (TPSA) is 122 Å². The van der Waals surface area contributed by atoms with Crippen LogP contribution < -0.4 is 4.90 Å². The maximum Gasteiger partial charge on any atom is 0.330 e. The Morgan fingerprint density at radius 1 is 0.660 bits per heavy atom. The van der Waals surface area contributed by atoms with Crippen LogP contribution in [0.25, 0.3) is 0 Å². The molecule has 0 aliphatic rings. The van der Waals surface area contributed by atoms with Crippen molar-refractivity contribution in [1.82, 2.24) is 0 Å². The molecule has 0 saturated carbocycles. The molecule has 3 rings (SSSR count). The number of anilines is 1. The number of unbranched alkanes of at least 4 members (excludes halogenated alkanes) is 6. The molecular weight excluding hydrogens is 594 g/mol. The van der Waals surface area contributed by atoms with Crippen LogP contribution in [0.15, 0.2) is 106 Å². The molecule has 0 saturated heterocycles. The predicted octanol–water partition coefficient (Wildman–Crippen LogP) is 9.94. The molecule has 0 fully saturated rings. The van der Waals surface area contributed by atoms with Gasteiger partial charge < -0.3 is 14.4 Å². The second kappa shape index (κ2) is 20.9. The van der Waals surface area contributed by atoms with Gasteiger partial charge in [0.05, 0.1) is 35.9 Å². The number of likely N-dealkylation sites (N-methyl/N-ethyl adjacent to an activating group) is 1. The van der Waals surface area contributed by atoms with Crippen LogP contribution in [-0.2, 0) is 19.1 Å². The molecule has 0 bridgehead atoms. The highest BCUT2D eigenvalue weighted by molar-refractivity contribution is 5.96. The van der Waals surface area contributed by atoms with E-state index in [2.05, 4.69) is 31.9 Å². The van der Waals surface area contributed by atoms with Gasteiger partial charge in [-0.15, -0.1) is 0 Å². The van der Waals surface area contributed by atoms with Crippen molar-refractivity contribution in [3.05, 3.63) is 91.0 Å². The fourth-order valence-electron chi connectivity index (χ4n) is 4.68. The zero-order chi connectivity index (χ0) is 33.7. The van der Waals surface area contributed by atoms with Crippen LogP contribution in [0.1, 0.15) is 75.6 Å². The second-order valence-corrected chi connectivity index (χ2v) is 10.9. The first-order valence-corrected chi connectivity index (χ1v) is 16.2. The number of ether oxygens (including phenoxy) is 2. The fourth-order valence-corrected chi connectivity index (χ4v) is 4.68. The molecule has 0 heterocycles. The smallest absolute Gasteiger partial charge is 0.330 e. The van der Waals surface area contributed by atoms with Gasteiger partial charge in [-0.1, -0.05) is 38.7 Å². The molecule has 0 atom stereocenters. The summed E-state index contributed by atoms with van der Waals surface area (Å²) in [6, 6.07) is 22.2. The Bertz CT molecular complexity index is 1470. The van der Waals surface area contributed by atoms with E-state index in [9.17, 15) is 14.4 Å². The standard InChI is InChI=1S/C37H45N5O5/c1-4-37(45)47-28-26-42(5-2)35-24-22-34(23-25-35)41-40-33-20-18-32(19-21-33)39-38-31-16-14-30(15-17-31)36(44)13-11-9-7-6-8-10-12-27-46-29(3)43/h4,14-25H,1,5-13,26-28H2,2-3H3. The fraction of sp³-hybridized carbons (Fsp3) is 0.378. The van der Waals surface area contributed by atoms with Gasteiger partial charge in [-0.05, 0) is 92.6 Å². The summed E-state index contributed by atoms with van der Waals surface area (Å²) in [4.78, 5) is 36.7. The molecule has 0 N–H and O–H groups in total. The molecule has 0 radical (unpaired) electrons. The second-order valence-electron chi connectivity index (χ2n) is 10.9. The van der Waals surface area contributed by atoms with Crippen molar-refractivity contribution in [2.75, 3.05) is 31.2 Å². The van der Waals surface area contributed by atoms with Crippen molar-refractivity contribution in [1.29, 1.82) is 0 Å². The number of ketones is 1. The molecule has 0 spiro atoms. The molecule has 0 aliphatic heterocycles. The van der Waals surface area contributed by atoms with Crippen LogP contribution in [0.5, 0.6) is 0 Å². The number of Topliss-reactive ketones (excluding diaryl/α,β-unsaturated/α-hetero) is 1. The molecule has 248 valence electrons. The van der Waals surface area contributed by atoms with Crippen molar-refractivity contribution in [2.24, 2.45) is 20.5 Å². The highest BCUT2D eigenvalue weighted by atomic mass is 16.5. The summed E-state index contributed by atoms with van der Waals surface area (Å²) in [5.74, 6) is -0.507. The summed E-state index contributed by atoms with van der Waals surface area (Å²) >= 11 is 0. The minimum atomic E-state index is -0.427. The average Bonchev–Trinajstić information content (AvgIpc) is 3.09. The summed E-state index contributed by atoms with van der Waals surface area (Å²) in [6.45, 7) is 9.02. The first-order chi connectivity index (χ1) is 22.9. The van der Waals surface area contributed by atoms with Crippen molar-refractivity contribution in [2.45, 2.75) is 65.2 Å². The van der Waals surface area contributed by atoms with Crippen LogP contribution >= 0.6 is 0 Å². The van der Waals surface area contributed by atoms with Gasteiger partial charge in [-0.2, -0.15) is 20.5 Å². The van der Waals surface area contributed by atoms with E-state index in [0.717, 1.165) is 68.9 Å². The van der Waals surface area contributed by atoms with Crippen molar-refractivity contribution < 1.29 is 23.9 Å². The van der Waals surface area contributed by atoms with Crippen molar-refractivity contribution >= 4 is 46.2 Å². The van der Waals surface area contributed by atoms with E-state index in [1.165, 1.54) is 6.92 Å². The monoisotopic (exact) mass is 639 g/mol. The Morgan fingerprint density at radius 2 is 1.13 bits per heavy atom. The third-order valence-corrected chi connectivity index (χ3v) is 7.32. The molecule has 0 aromatic heterocycles. The van der Waals surface area contributed by atoms with E-state index in [1.807, 2.05) is 55.5 Å². The van der Waals surface area contributed by atoms with E-state index in [0.29, 0.717) is 42.2 Å². The van der Waals surface area contributed by atoms with E-state index >= 15 is 0 Å². The lowest BCUT2D eigenvalue weighted by atomic mass is 10.0. The van der Waals surface area contributed by atoms with Crippen LogP contribution in [0.4, 0.5) is 28.4 Å². The predicted molar refractivity (Wildman–Crippen MR) is 185 cm³/mol. The van der Waals surface area contributed by atoms with Gasteiger partial charge in [0.25, 0.3) is 0 Å². The van der Waals surface area contributed by atoms with Gasteiger partial charge in [0.2, 0.25) is 0 Å². The Kier molecular flexibility index (Phi) is 16.2. The highest BCUT2D eigenvalue weighted by Crippen LogP contribution is 2.25. The highest BCUT2D eigenvalue weighted by Gasteiger charge is 2.07. The number of esters is 2. The number of rotatable bonds is 21. The summed E-state index contributed by atoms with van der Waals surface area (Å²) in [5.41, 5.74) is 4.44. The van der Waals surface area contributed by atoms with Gasteiger partial charge in [-0.25, -0.2) is 4.79 Å². The molecule has 0 unspecified atom stereocenters. The molecule has 10 nitrogen and oxygen atoms in total. The lowest BCUT2D eigenvalue weighted by molar-refractivity contribution is -0.141. The number of hydrogen-bond acceptors (Lipinski definition) is 10. The SMILES string of the molecule is C=CC(=O)OCCN(CC)c1ccc(N=Nc2ccc(N=Nc3ccc(C(=O)CCCCCCCCCOC(C)=O)cc3)cc2)cc1. The first kappa shape index (κ1) is 36.5. The quantitative estimate of drug-likeness (QED) is 0.0376. The van der Waals surface area contributed by atoms with Gasteiger partial charge in [0.1, 0.15) is 6.61 Å². The number of hydrogen-bond donors (Lipinski definition) is 0. The molecule has 10 heteroatoms. The summed E-state index contributed by atoms with van der Waals surface area (Å²) in [5, 5.41) is 17.2. The third kappa shape index (κ3) is 14.3. The largest absolute Gasteiger partial charge is 0.466 e. The lowest BCUT2D eigenvalue weighted by Crippen LogP contribution is -2.27. The zero-order valence-electron chi connectivity index (χ0n) is 27.5. The number of azo groups is 2. The maximum absolute atomic E-state index is 12.6. The van der Waals surface area contributed by atoms with E-state index in [1.54, 1.807) is 24.3 Å². The van der Waals surface area contributed by atoms with Crippen LogP contribution in [0.2, 0.25) is 0 Å². The van der Waals surface area contributed by atoms with E-state index in [-0.39, 0.29) is 18.4 Å².